The van der Waals surface area contributed by atoms with Crippen LogP contribution in [0, 0.1) is 5.92 Å². The summed E-state index contributed by atoms with van der Waals surface area (Å²) in [6.45, 7) is 23.9. The molecule has 0 aliphatic carbocycles. The fraction of sp³-hybridized carbons (Fsp3) is 0.947. The van der Waals surface area contributed by atoms with Crippen molar-refractivity contribution in [1.29, 1.82) is 0 Å². The summed E-state index contributed by atoms with van der Waals surface area (Å²) in [6.07, 6.45) is 4.01. The van der Waals surface area contributed by atoms with Crippen LogP contribution < -0.4 is 0 Å². The van der Waals surface area contributed by atoms with Gasteiger partial charge in [0.25, 0.3) is 0 Å². The van der Waals surface area contributed by atoms with E-state index in [2.05, 4.69) is 69.2 Å². The summed E-state index contributed by atoms with van der Waals surface area (Å²) in [7, 11) is -1.55. The van der Waals surface area contributed by atoms with Crippen LogP contribution in [0.25, 0.3) is 0 Å². The largest absolute Gasteiger partial charge is 0.293 e. The van der Waals surface area contributed by atoms with E-state index in [0.717, 1.165) is 5.92 Å². The van der Waals surface area contributed by atoms with Gasteiger partial charge < -0.3 is 0 Å². The van der Waals surface area contributed by atoms with Crippen LogP contribution in [0.1, 0.15) is 88.5 Å². The average Bonchev–Trinajstić information content (AvgIpc) is 2.20. The molecule has 0 aromatic rings. The SMILES string of the molecule is CCCCC1C[Si](C(C)(C)C)(C(C)(C)C)C1=NC(C)(C)C. The van der Waals surface area contributed by atoms with Crippen LogP contribution in [0.4, 0.5) is 0 Å². The fourth-order valence-electron chi connectivity index (χ4n) is 4.53. The zero-order valence-corrected chi connectivity index (χ0v) is 17.4. The maximum absolute atomic E-state index is 5.31. The standard InChI is InChI=1S/C19H39NSi/c1-11-12-13-15-14-21(18(5,6)7,19(8,9)10)16(15)20-17(2,3)4/h15H,11-14H2,1-10H3. The van der Waals surface area contributed by atoms with E-state index in [-0.39, 0.29) is 5.54 Å². The predicted octanol–water partition coefficient (Wildman–Crippen LogP) is 6.63. The van der Waals surface area contributed by atoms with Crippen LogP contribution in [0.5, 0.6) is 0 Å². The number of hydrogen-bond donors (Lipinski definition) is 0. The third-order valence-corrected chi connectivity index (χ3v) is 12.9. The van der Waals surface area contributed by atoms with E-state index in [4.69, 9.17) is 4.99 Å². The molecule has 1 heterocycles. The van der Waals surface area contributed by atoms with Gasteiger partial charge in [-0.1, -0.05) is 61.3 Å². The average molecular weight is 310 g/mol. The summed E-state index contributed by atoms with van der Waals surface area (Å²) < 4.78 is 0. The van der Waals surface area contributed by atoms with E-state index >= 15 is 0 Å². The molecule has 1 aliphatic heterocycles. The molecular weight excluding hydrogens is 270 g/mol. The fourth-order valence-corrected chi connectivity index (χ4v) is 12.0. The van der Waals surface area contributed by atoms with Crippen LogP contribution in [0.15, 0.2) is 4.99 Å². The summed E-state index contributed by atoms with van der Waals surface area (Å²) in [5, 5.41) is 2.46. The maximum Gasteiger partial charge on any atom is 0.116 e. The minimum Gasteiger partial charge on any atom is -0.293 e. The first-order valence-electron chi connectivity index (χ1n) is 8.86. The van der Waals surface area contributed by atoms with Crippen LogP contribution in [-0.2, 0) is 0 Å². The van der Waals surface area contributed by atoms with E-state index in [1.54, 1.807) is 5.33 Å². The van der Waals surface area contributed by atoms with Crippen molar-refractivity contribution in [2.45, 2.75) is 110 Å². The molecule has 0 radical (unpaired) electrons. The lowest BCUT2D eigenvalue weighted by Gasteiger charge is -2.62. The second-order valence-corrected chi connectivity index (χ2v) is 15.8. The summed E-state index contributed by atoms with van der Waals surface area (Å²) in [4.78, 5) is 5.31. The van der Waals surface area contributed by atoms with Gasteiger partial charge in [0, 0.05) is 5.33 Å². The summed E-state index contributed by atoms with van der Waals surface area (Å²) >= 11 is 0. The van der Waals surface area contributed by atoms with Crippen molar-refractivity contribution in [3.63, 3.8) is 0 Å². The molecule has 0 amide bonds. The highest BCUT2D eigenvalue weighted by molar-refractivity contribution is 7.14. The van der Waals surface area contributed by atoms with Crippen molar-refractivity contribution in [3.8, 4) is 0 Å². The molecule has 1 aliphatic rings. The normalized spacial score (nSPS) is 25.0. The Balaban J connectivity index is 3.30. The molecule has 0 aromatic carbocycles. The van der Waals surface area contributed by atoms with Gasteiger partial charge in [0.1, 0.15) is 8.07 Å². The third kappa shape index (κ3) is 3.63. The molecule has 0 saturated carbocycles. The van der Waals surface area contributed by atoms with Crippen LogP contribution in [0.3, 0.4) is 0 Å². The van der Waals surface area contributed by atoms with Gasteiger partial charge in [0.2, 0.25) is 0 Å². The molecule has 1 unspecified atom stereocenters. The first-order chi connectivity index (χ1) is 9.26. The van der Waals surface area contributed by atoms with Gasteiger partial charge >= 0.3 is 0 Å². The maximum atomic E-state index is 5.31. The molecule has 124 valence electrons. The Labute approximate surface area is 135 Å². The van der Waals surface area contributed by atoms with E-state index in [9.17, 15) is 0 Å². The first kappa shape index (κ1) is 18.9. The van der Waals surface area contributed by atoms with Gasteiger partial charge in [-0.25, -0.2) is 0 Å². The molecule has 21 heavy (non-hydrogen) atoms. The highest BCUT2D eigenvalue weighted by Gasteiger charge is 2.64. The topological polar surface area (TPSA) is 12.4 Å². The van der Waals surface area contributed by atoms with Crippen molar-refractivity contribution in [2.75, 3.05) is 0 Å². The molecule has 2 heteroatoms. The summed E-state index contributed by atoms with van der Waals surface area (Å²) in [5.41, 5.74) is 0.0645. The summed E-state index contributed by atoms with van der Waals surface area (Å²) in [5.74, 6) is 0.772. The van der Waals surface area contributed by atoms with Gasteiger partial charge in [0.15, 0.2) is 0 Å². The van der Waals surface area contributed by atoms with E-state index < -0.39 is 8.07 Å². The zero-order chi connectivity index (χ0) is 16.7. The minimum absolute atomic E-state index is 0.0645. The van der Waals surface area contributed by atoms with Gasteiger partial charge in [0.05, 0.1) is 5.54 Å². The predicted molar refractivity (Wildman–Crippen MR) is 100 cm³/mol. The Morgan fingerprint density at radius 2 is 1.43 bits per heavy atom. The molecule has 1 nitrogen and oxygen atoms in total. The lowest BCUT2D eigenvalue weighted by Crippen LogP contribution is -2.69. The van der Waals surface area contributed by atoms with E-state index in [0.29, 0.717) is 10.1 Å². The second kappa shape index (κ2) is 5.83. The molecular formula is C19H39NSi. The molecule has 1 atom stereocenters. The number of hydrogen-bond acceptors (Lipinski definition) is 1. The molecule has 1 rings (SSSR count). The van der Waals surface area contributed by atoms with Crippen molar-refractivity contribution in [2.24, 2.45) is 10.9 Å². The Morgan fingerprint density at radius 3 is 1.76 bits per heavy atom. The molecule has 1 fully saturated rings. The van der Waals surface area contributed by atoms with Crippen LogP contribution in [-0.4, -0.2) is 18.9 Å². The molecule has 0 aromatic heterocycles. The highest BCUT2D eigenvalue weighted by atomic mass is 28.3. The van der Waals surface area contributed by atoms with Gasteiger partial charge in [-0.2, -0.15) is 0 Å². The van der Waals surface area contributed by atoms with Crippen molar-refractivity contribution in [1.82, 2.24) is 0 Å². The zero-order valence-electron chi connectivity index (χ0n) is 16.4. The van der Waals surface area contributed by atoms with E-state index in [1.165, 1.54) is 25.3 Å². The third-order valence-electron chi connectivity index (χ3n) is 5.30. The molecule has 0 N–H and O–H groups in total. The number of aliphatic imine (C=N–C) groups is 1. The van der Waals surface area contributed by atoms with E-state index in [1.807, 2.05) is 0 Å². The molecule has 0 spiro atoms. The van der Waals surface area contributed by atoms with Crippen LogP contribution >= 0.6 is 0 Å². The molecule has 1 saturated heterocycles. The highest BCUT2D eigenvalue weighted by Crippen LogP contribution is 2.62. The lowest BCUT2D eigenvalue weighted by molar-refractivity contribution is 0.515. The van der Waals surface area contributed by atoms with Gasteiger partial charge in [-0.05, 0) is 49.2 Å². The number of unbranched alkanes of at least 4 members (excludes halogenated alkanes) is 1. The van der Waals surface area contributed by atoms with Crippen molar-refractivity contribution >= 4 is 13.4 Å². The first-order valence-corrected chi connectivity index (χ1v) is 11.1. The Hall–Kier alpha value is -0.113. The monoisotopic (exact) mass is 309 g/mol. The summed E-state index contributed by atoms with van der Waals surface area (Å²) in [6, 6.07) is 1.45. The Morgan fingerprint density at radius 1 is 0.952 bits per heavy atom. The van der Waals surface area contributed by atoms with Gasteiger partial charge in [-0.15, -0.1) is 0 Å². The van der Waals surface area contributed by atoms with Crippen LogP contribution in [0.2, 0.25) is 16.1 Å². The number of nitrogens with zero attached hydrogens (tertiary/aromatic N) is 1. The molecule has 0 bridgehead atoms. The Bertz CT molecular complexity index is 373. The van der Waals surface area contributed by atoms with Crippen molar-refractivity contribution in [3.05, 3.63) is 0 Å². The second-order valence-electron chi connectivity index (χ2n) is 10.1. The number of rotatable bonds is 3. The van der Waals surface area contributed by atoms with Crippen molar-refractivity contribution < 1.29 is 0 Å². The Kier molecular flexibility index (Phi) is 5.26. The lowest BCUT2D eigenvalue weighted by atomic mass is 10.0. The quantitative estimate of drug-likeness (QED) is 0.518. The minimum atomic E-state index is -1.55. The smallest absolute Gasteiger partial charge is 0.116 e. The van der Waals surface area contributed by atoms with Gasteiger partial charge in [-0.3, -0.25) is 4.99 Å².